The Labute approximate surface area is 119 Å². The van der Waals surface area contributed by atoms with Gasteiger partial charge in [0.25, 0.3) is 0 Å². The zero-order chi connectivity index (χ0) is 14.1. The lowest BCUT2D eigenvalue weighted by Crippen LogP contribution is -2.12. The second-order valence-corrected chi connectivity index (χ2v) is 4.22. The summed E-state index contributed by atoms with van der Waals surface area (Å²) in [6, 6.07) is 5.24. The number of nitrogens with zero attached hydrogens (tertiary/aromatic N) is 2. The molecule has 6 nitrogen and oxygen atoms in total. The van der Waals surface area contributed by atoms with Crippen molar-refractivity contribution < 1.29 is 14.3 Å². The van der Waals surface area contributed by atoms with Crippen LogP contribution in [0.4, 0.5) is 5.82 Å². The Kier molecular flexibility index (Phi) is 6.57. The van der Waals surface area contributed by atoms with Crippen LogP contribution in [-0.4, -0.2) is 31.3 Å². The van der Waals surface area contributed by atoms with Crippen LogP contribution in [0.1, 0.15) is 0 Å². The Morgan fingerprint density at radius 1 is 1.58 bits per heavy atom. The summed E-state index contributed by atoms with van der Waals surface area (Å²) in [5.74, 6) is -0.190. The molecule has 7 heteroatoms. The fourth-order valence-corrected chi connectivity index (χ4v) is 1.27. The number of pyridine rings is 1. The summed E-state index contributed by atoms with van der Waals surface area (Å²) in [5.41, 5.74) is -0.138. The summed E-state index contributed by atoms with van der Waals surface area (Å²) in [4.78, 5) is 15.5. The zero-order valence-electron chi connectivity index (χ0n) is 10.2. The summed E-state index contributed by atoms with van der Waals surface area (Å²) < 4.78 is 10.4. The molecule has 0 aliphatic rings. The molecular formula is C12H12BrN3O3. The van der Waals surface area contributed by atoms with Crippen molar-refractivity contribution in [3.8, 4) is 6.07 Å². The number of anilines is 1. The highest BCUT2D eigenvalue weighted by atomic mass is 79.9. The van der Waals surface area contributed by atoms with E-state index in [4.69, 9.17) is 14.7 Å². The molecule has 19 heavy (non-hydrogen) atoms. The van der Waals surface area contributed by atoms with Crippen LogP contribution in [0.5, 0.6) is 0 Å². The van der Waals surface area contributed by atoms with Gasteiger partial charge < -0.3 is 14.8 Å². The van der Waals surface area contributed by atoms with Crippen LogP contribution in [0.3, 0.4) is 0 Å². The van der Waals surface area contributed by atoms with Gasteiger partial charge in [0.15, 0.2) is 5.57 Å². The number of carbonyl (C=O) groups excluding carboxylic acids is 1. The number of nitriles is 1. The largest absolute Gasteiger partial charge is 0.459 e. The highest BCUT2D eigenvalue weighted by Crippen LogP contribution is 2.10. The Morgan fingerprint density at radius 3 is 2.95 bits per heavy atom. The Bertz CT molecular complexity index is 494. The molecule has 0 radical (unpaired) electrons. The third-order valence-electron chi connectivity index (χ3n) is 1.95. The van der Waals surface area contributed by atoms with Crippen molar-refractivity contribution >= 4 is 27.7 Å². The fraction of sp³-hybridized carbons (Fsp3) is 0.250. The molecule has 1 N–H and O–H groups in total. The Balaban J connectivity index is 2.59. The normalized spacial score (nSPS) is 10.7. The maximum absolute atomic E-state index is 11.5. The molecule has 0 amide bonds. The number of carbonyl (C=O) groups is 1. The summed E-state index contributed by atoms with van der Waals surface area (Å²) in [7, 11) is 1.50. The van der Waals surface area contributed by atoms with Gasteiger partial charge in [0.05, 0.1) is 6.61 Å². The number of hydrogen-bond acceptors (Lipinski definition) is 6. The average molecular weight is 326 g/mol. The third-order valence-corrected chi connectivity index (χ3v) is 2.42. The molecule has 0 aliphatic carbocycles. The van der Waals surface area contributed by atoms with E-state index in [2.05, 4.69) is 26.2 Å². The van der Waals surface area contributed by atoms with Gasteiger partial charge in [0.1, 0.15) is 18.5 Å². The van der Waals surface area contributed by atoms with Gasteiger partial charge in [-0.3, -0.25) is 0 Å². The maximum atomic E-state index is 11.5. The first-order chi connectivity index (χ1) is 9.17. The standard InChI is InChI=1S/C12H12BrN3O3/c1-18-4-5-19-12(17)9(6-14)7-15-11-3-2-10(13)8-16-11/h2-3,7-8H,4-5H2,1H3,(H,15,16)/b9-7+. The van der Waals surface area contributed by atoms with E-state index in [-0.39, 0.29) is 18.8 Å². The molecule has 0 aliphatic heterocycles. The number of rotatable bonds is 6. The average Bonchev–Trinajstić information content (AvgIpc) is 2.42. The molecule has 1 aromatic rings. The third kappa shape index (κ3) is 5.50. The molecule has 0 unspecified atom stereocenters. The molecule has 0 fully saturated rings. The highest BCUT2D eigenvalue weighted by molar-refractivity contribution is 9.10. The fourth-order valence-electron chi connectivity index (χ4n) is 1.04. The summed E-state index contributed by atoms with van der Waals surface area (Å²) >= 11 is 3.25. The van der Waals surface area contributed by atoms with Crippen molar-refractivity contribution in [1.29, 1.82) is 5.26 Å². The van der Waals surface area contributed by atoms with E-state index < -0.39 is 5.97 Å². The number of hydrogen-bond donors (Lipinski definition) is 1. The van der Waals surface area contributed by atoms with Crippen LogP contribution in [0.2, 0.25) is 0 Å². The van der Waals surface area contributed by atoms with Gasteiger partial charge in [0.2, 0.25) is 0 Å². The predicted molar refractivity (Wildman–Crippen MR) is 72.1 cm³/mol. The van der Waals surface area contributed by atoms with Crippen LogP contribution in [0.25, 0.3) is 0 Å². The summed E-state index contributed by atoms with van der Waals surface area (Å²) in [6.45, 7) is 0.386. The number of halogens is 1. The van der Waals surface area contributed by atoms with Crippen LogP contribution in [0, 0.1) is 11.3 Å². The van der Waals surface area contributed by atoms with Crippen LogP contribution in [-0.2, 0) is 14.3 Å². The minimum atomic E-state index is -0.704. The van der Waals surface area contributed by atoms with E-state index >= 15 is 0 Å². The second-order valence-electron chi connectivity index (χ2n) is 3.30. The Morgan fingerprint density at radius 2 is 2.37 bits per heavy atom. The van der Waals surface area contributed by atoms with E-state index in [1.54, 1.807) is 24.4 Å². The number of esters is 1. The van der Waals surface area contributed by atoms with E-state index in [9.17, 15) is 4.79 Å². The van der Waals surface area contributed by atoms with E-state index in [0.717, 1.165) is 4.47 Å². The second kappa shape index (κ2) is 8.24. The van der Waals surface area contributed by atoms with Gasteiger partial charge in [-0.2, -0.15) is 5.26 Å². The quantitative estimate of drug-likeness (QED) is 0.372. The molecule has 0 spiro atoms. The van der Waals surface area contributed by atoms with Crippen molar-refractivity contribution in [3.63, 3.8) is 0 Å². The lowest BCUT2D eigenvalue weighted by molar-refractivity contribution is -0.139. The van der Waals surface area contributed by atoms with Crippen LogP contribution >= 0.6 is 15.9 Å². The topological polar surface area (TPSA) is 84.2 Å². The van der Waals surface area contributed by atoms with Gasteiger partial charge in [-0.25, -0.2) is 9.78 Å². The van der Waals surface area contributed by atoms with Crippen LogP contribution < -0.4 is 5.32 Å². The van der Waals surface area contributed by atoms with E-state index in [0.29, 0.717) is 5.82 Å². The van der Waals surface area contributed by atoms with Gasteiger partial charge in [-0.15, -0.1) is 0 Å². The Hall–Kier alpha value is -1.91. The van der Waals surface area contributed by atoms with Gasteiger partial charge in [-0.1, -0.05) is 0 Å². The van der Waals surface area contributed by atoms with Crippen molar-refractivity contribution in [1.82, 2.24) is 4.98 Å². The molecule has 0 aromatic carbocycles. The monoisotopic (exact) mass is 325 g/mol. The number of aromatic nitrogens is 1. The first kappa shape index (κ1) is 15.1. The molecular weight excluding hydrogens is 314 g/mol. The van der Waals surface area contributed by atoms with Crippen LogP contribution in [0.15, 0.2) is 34.6 Å². The first-order valence-electron chi connectivity index (χ1n) is 5.31. The molecule has 0 atom stereocenters. The van der Waals surface area contributed by atoms with Gasteiger partial charge in [-0.05, 0) is 28.1 Å². The number of nitrogens with one attached hydrogen (secondary N) is 1. The molecule has 0 saturated carbocycles. The minimum Gasteiger partial charge on any atom is -0.459 e. The van der Waals surface area contributed by atoms with Gasteiger partial charge in [0, 0.05) is 24.0 Å². The van der Waals surface area contributed by atoms with Crippen molar-refractivity contribution in [2.24, 2.45) is 0 Å². The number of methoxy groups -OCH3 is 1. The minimum absolute atomic E-state index is 0.102. The molecule has 1 aromatic heterocycles. The predicted octanol–water partition coefficient (Wildman–Crippen LogP) is 1.85. The maximum Gasteiger partial charge on any atom is 0.350 e. The molecule has 0 saturated heterocycles. The van der Waals surface area contributed by atoms with E-state index in [1.165, 1.54) is 13.3 Å². The molecule has 0 bridgehead atoms. The summed E-state index contributed by atoms with van der Waals surface area (Å²) in [5, 5.41) is 11.6. The lowest BCUT2D eigenvalue weighted by Gasteiger charge is -2.03. The smallest absolute Gasteiger partial charge is 0.350 e. The van der Waals surface area contributed by atoms with Crippen molar-refractivity contribution in [2.75, 3.05) is 25.6 Å². The zero-order valence-corrected chi connectivity index (χ0v) is 11.8. The van der Waals surface area contributed by atoms with Gasteiger partial charge >= 0.3 is 5.97 Å². The lowest BCUT2D eigenvalue weighted by atomic mass is 10.3. The molecule has 1 rings (SSSR count). The summed E-state index contributed by atoms with van der Waals surface area (Å²) in [6.07, 6.45) is 2.85. The SMILES string of the molecule is COCCOC(=O)/C(C#N)=C/Nc1ccc(Br)cn1. The first-order valence-corrected chi connectivity index (χ1v) is 6.11. The molecule has 1 heterocycles. The highest BCUT2D eigenvalue weighted by Gasteiger charge is 2.10. The van der Waals surface area contributed by atoms with Crippen molar-refractivity contribution in [3.05, 3.63) is 34.6 Å². The molecule has 100 valence electrons. The van der Waals surface area contributed by atoms with E-state index in [1.807, 2.05) is 0 Å². The van der Waals surface area contributed by atoms with Crippen molar-refractivity contribution in [2.45, 2.75) is 0 Å². The number of ether oxygens (including phenoxy) is 2.